The maximum Gasteiger partial charge on any atom is 0.224 e. The molecule has 5 heteroatoms. The Bertz CT molecular complexity index is 369. The molecule has 2 rings (SSSR count). The summed E-state index contributed by atoms with van der Waals surface area (Å²) < 4.78 is 0. The maximum absolute atomic E-state index is 11.9. The first-order chi connectivity index (χ1) is 8.70. The van der Waals surface area contributed by atoms with Crippen LogP contribution in [-0.2, 0) is 9.59 Å². The van der Waals surface area contributed by atoms with Crippen molar-refractivity contribution >= 4 is 11.8 Å². The molecule has 18 heavy (non-hydrogen) atoms. The van der Waals surface area contributed by atoms with Crippen LogP contribution >= 0.6 is 0 Å². The van der Waals surface area contributed by atoms with Gasteiger partial charge >= 0.3 is 0 Å². The Morgan fingerprint density at radius 1 is 1.33 bits per heavy atom. The number of nitrogens with zero attached hydrogens (tertiary/aromatic N) is 3. The molecular formula is C13H19N3O2. The molecule has 0 bridgehead atoms. The number of rotatable bonds is 3. The number of carbonyl (C=O) groups excluding carboxylic acids is 2. The van der Waals surface area contributed by atoms with Gasteiger partial charge in [0.15, 0.2) is 0 Å². The van der Waals surface area contributed by atoms with E-state index in [0.717, 1.165) is 25.9 Å². The molecule has 0 aromatic rings. The number of likely N-dealkylation sites (tertiary alicyclic amines) is 2. The summed E-state index contributed by atoms with van der Waals surface area (Å²) >= 11 is 0. The van der Waals surface area contributed by atoms with E-state index in [9.17, 15) is 9.59 Å². The van der Waals surface area contributed by atoms with E-state index >= 15 is 0 Å². The quantitative estimate of drug-likeness (QED) is 0.741. The smallest absolute Gasteiger partial charge is 0.224 e. The Kier molecular flexibility index (Phi) is 4.19. The van der Waals surface area contributed by atoms with Crippen molar-refractivity contribution < 1.29 is 9.59 Å². The van der Waals surface area contributed by atoms with Gasteiger partial charge in [0.25, 0.3) is 0 Å². The Balaban J connectivity index is 1.76. The summed E-state index contributed by atoms with van der Waals surface area (Å²) in [5.74, 6) is -0.0431. The fraction of sp³-hybridized carbons (Fsp3) is 0.769. The molecule has 0 radical (unpaired) electrons. The van der Waals surface area contributed by atoms with E-state index in [1.807, 2.05) is 4.90 Å². The van der Waals surface area contributed by atoms with Crippen molar-refractivity contribution in [3.05, 3.63) is 0 Å². The lowest BCUT2D eigenvalue weighted by molar-refractivity contribution is -0.133. The number of nitriles is 1. The Labute approximate surface area is 107 Å². The third kappa shape index (κ3) is 3.00. The molecule has 2 fully saturated rings. The van der Waals surface area contributed by atoms with Crippen molar-refractivity contribution in [2.45, 2.75) is 32.1 Å². The van der Waals surface area contributed by atoms with Crippen LogP contribution in [-0.4, -0.2) is 47.8 Å². The molecule has 0 N–H and O–H groups in total. The van der Waals surface area contributed by atoms with Crippen LogP contribution in [0.4, 0.5) is 0 Å². The standard InChI is InChI=1S/C13H19N3O2/c14-9-11-8-13(18)16(10-11)7-4-12(17)15-5-2-1-3-6-15/h11H,1-8,10H2. The molecule has 0 aromatic carbocycles. The van der Waals surface area contributed by atoms with Crippen LogP contribution in [0.5, 0.6) is 0 Å². The first-order valence-corrected chi connectivity index (χ1v) is 6.66. The van der Waals surface area contributed by atoms with Gasteiger partial charge in [-0.3, -0.25) is 9.59 Å². The van der Waals surface area contributed by atoms with E-state index in [1.54, 1.807) is 4.90 Å². The number of piperidine rings is 1. The van der Waals surface area contributed by atoms with Crippen molar-refractivity contribution in [1.82, 2.24) is 9.80 Å². The lowest BCUT2D eigenvalue weighted by Gasteiger charge is -2.27. The van der Waals surface area contributed by atoms with Gasteiger partial charge in [-0.25, -0.2) is 0 Å². The molecule has 0 saturated carbocycles. The van der Waals surface area contributed by atoms with Crippen LogP contribution in [0, 0.1) is 17.2 Å². The second-order valence-corrected chi connectivity index (χ2v) is 5.06. The number of amides is 2. The van der Waals surface area contributed by atoms with Crippen molar-refractivity contribution in [3.8, 4) is 6.07 Å². The second kappa shape index (κ2) is 5.85. The summed E-state index contributed by atoms with van der Waals surface area (Å²) in [7, 11) is 0. The van der Waals surface area contributed by atoms with Gasteiger partial charge in [0, 0.05) is 39.0 Å². The lowest BCUT2D eigenvalue weighted by Crippen LogP contribution is -2.38. The van der Waals surface area contributed by atoms with E-state index in [2.05, 4.69) is 6.07 Å². The number of carbonyl (C=O) groups is 2. The summed E-state index contributed by atoms with van der Waals surface area (Å²) in [4.78, 5) is 27.1. The fourth-order valence-corrected chi connectivity index (χ4v) is 2.61. The fourth-order valence-electron chi connectivity index (χ4n) is 2.61. The zero-order chi connectivity index (χ0) is 13.0. The Morgan fingerprint density at radius 3 is 2.67 bits per heavy atom. The molecule has 1 atom stereocenters. The topological polar surface area (TPSA) is 64.4 Å². The van der Waals surface area contributed by atoms with Gasteiger partial charge in [-0.2, -0.15) is 5.26 Å². The normalized spacial score (nSPS) is 24.2. The maximum atomic E-state index is 11.9. The van der Waals surface area contributed by atoms with Gasteiger partial charge in [0.1, 0.15) is 0 Å². The van der Waals surface area contributed by atoms with Gasteiger partial charge in [0.2, 0.25) is 11.8 Å². The first-order valence-electron chi connectivity index (χ1n) is 6.66. The SMILES string of the molecule is N#CC1CC(=O)N(CCC(=O)N2CCCCC2)C1. The average Bonchev–Trinajstić information content (AvgIpc) is 2.77. The summed E-state index contributed by atoms with van der Waals surface area (Å²) in [5, 5.41) is 8.78. The molecule has 2 saturated heterocycles. The Morgan fingerprint density at radius 2 is 2.06 bits per heavy atom. The van der Waals surface area contributed by atoms with E-state index < -0.39 is 0 Å². The van der Waals surface area contributed by atoms with Crippen LogP contribution in [0.2, 0.25) is 0 Å². The molecule has 2 aliphatic rings. The van der Waals surface area contributed by atoms with Gasteiger partial charge < -0.3 is 9.80 Å². The minimum Gasteiger partial charge on any atom is -0.343 e. The summed E-state index contributed by atoms with van der Waals surface area (Å²) in [6, 6.07) is 2.12. The largest absolute Gasteiger partial charge is 0.343 e. The number of hydrogen-bond acceptors (Lipinski definition) is 3. The predicted octanol–water partition coefficient (Wildman–Crippen LogP) is 0.761. The van der Waals surface area contributed by atoms with Crippen molar-refractivity contribution in [3.63, 3.8) is 0 Å². The van der Waals surface area contributed by atoms with Gasteiger partial charge in [-0.15, -0.1) is 0 Å². The van der Waals surface area contributed by atoms with Crippen LogP contribution in [0.25, 0.3) is 0 Å². The molecule has 98 valence electrons. The molecule has 0 aliphatic carbocycles. The van der Waals surface area contributed by atoms with Crippen LogP contribution in [0.1, 0.15) is 32.1 Å². The van der Waals surface area contributed by atoms with Gasteiger partial charge in [-0.05, 0) is 19.3 Å². The molecule has 1 unspecified atom stereocenters. The molecule has 5 nitrogen and oxygen atoms in total. The van der Waals surface area contributed by atoms with Gasteiger partial charge in [0.05, 0.1) is 12.0 Å². The van der Waals surface area contributed by atoms with Crippen molar-refractivity contribution in [1.29, 1.82) is 5.26 Å². The van der Waals surface area contributed by atoms with E-state index in [0.29, 0.717) is 25.9 Å². The highest BCUT2D eigenvalue weighted by molar-refractivity contribution is 5.81. The molecular weight excluding hydrogens is 230 g/mol. The molecule has 0 aromatic heterocycles. The molecule has 2 amide bonds. The van der Waals surface area contributed by atoms with Crippen LogP contribution < -0.4 is 0 Å². The summed E-state index contributed by atoms with van der Waals surface area (Å²) in [6.45, 7) is 2.66. The number of hydrogen-bond donors (Lipinski definition) is 0. The van der Waals surface area contributed by atoms with E-state index in [1.165, 1.54) is 6.42 Å². The predicted molar refractivity (Wildman–Crippen MR) is 65.3 cm³/mol. The third-order valence-electron chi connectivity index (χ3n) is 3.70. The second-order valence-electron chi connectivity index (χ2n) is 5.06. The van der Waals surface area contributed by atoms with Gasteiger partial charge in [-0.1, -0.05) is 0 Å². The average molecular weight is 249 g/mol. The monoisotopic (exact) mass is 249 g/mol. The summed E-state index contributed by atoms with van der Waals surface area (Å²) in [5.41, 5.74) is 0. The van der Waals surface area contributed by atoms with E-state index in [-0.39, 0.29) is 17.7 Å². The third-order valence-corrected chi connectivity index (χ3v) is 3.70. The minimum atomic E-state index is -0.192. The minimum absolute atomic E-state index is 0.00740. The highest BCUT2D eigenvalue weighted by Gasteiger charge is 2.29. The van der Waals surface area contributed by atoms with E-state index in [4.69, 9.17) is 5.26 Å². The highest BCUT2D eigenvalue weighted by Crippen LogP contribution is 2.17. The van der Waals surface area contributed by atoms with Crippen molar-refractivity contribution in [2.24, 2.45) is 5.92 Å². The highest BCUT2D eigenvalue weighted by atomic mass is 16.2. The van der Waals surface area contributed by atoms with Crippen LogP contribution in [0.3, 0.4) is 0 Å². The van der Waals surface area contributed by atoms with Crippen molar-refractivity contribution in [2.75, 3.05) is 26.2 Å². The molecule has 2 heterocycles. The zero-order valence-electron chi connectivity index (χ0n) is 10.6. The molecule has 2 aliphatic heterocycles. The lowest BCUT2D eigenvalue weighted by atomic mass is 10.1. The summed E-state index contributed by atoms with van der Waals surface area (Å²) in [6.07, 6.45) is 4.09. The zero-order valence-corrected chi connectivity index (χ0v) is 10.6. The first kappa shape index (κ1) is 12.9. The van der Waals surface area contributed by atoms with Crippen LogP contribution in [0.15, 0.2) is 0 Å². The molecule has 0 spiro atoms. The Hall–Kier alpha value is -1.57.